The quantitative estimate of drug-likeness (QED) is 0.873. The van der Waals surface area contributed by atoms with Crippen LogP contribution in [0.25, 0.3) is 0 Å². The molecule has 2 aromatic carbocycles. The van der Waals surface area contributed by atoms with Crippen LogP contribution in [0.1, 0.15) is 30.0 Å². The molecule has 2 rings (SSSR count). The Balaban J connectivity index is 2.11. The molecule has 0 radical (unpaired) electrons. The highest BCUT2D eigenvalue weighted by molar-refractivity contribution is 5.42. The first-order valence-electron chi connectivity index (χ1n) is 6.70. The number of hydrogen-bond acceptors (Lipinski definition) is 2. The van der Waals surface area contributed by atoms with E-state index in [1.54, 1.807) is 6.07 Å². The SMILES string of the molecule is CCCOc1ccc(Cc2c(C)cccc2O)cc1. The van der Waals surface area contributed by atoms with E-state index in [9.17, 15) is 5.11 Å². The van der Waals surface area contributed by atoms with E-state index in [1.807, 2.05) is 31.2 Å². The van der Waals surface area contributed by atoms with E-state index in [0.29, 0.717) is 5.75 Å². The fourth-order valence-electron chi connectivity index (χ4n) is 2.04. The number of hydrogen-bond donors (Lipinski definition) is 1. The molecule has 2 aromatic rings. The number of ether oxygens (including phenoxy) is 1. The summed E-state index contributed by atoms with van der Waals surface area (Å²) in [6.45, 7) is 4.86. The number of phenolic OH excluding ortho intramolecular Hbond substituents is 1. The van der Waals surface area contributed by atoms with Gasteiger partial charge in [-0.05, 0) is 42.7 Å². The second-order valence-corrected chi connectivity index (χ2v) is 4.74. The third-order valence-electron chi connectivity index (χ3n) is 3.16. The zero-order chi connectivity index (χ0) is 13.7. The Bertz CT molecular complexity index is 509. The summed E-state index contributed by atoms with van der Waals surface area (Å²) in [6.07, 6.45) is 1.76. The monoisotopic (exact) mass is 256 g/mol. The Morgan fingerprint density at radius 2 is 1.79 bits per heavy atom. The van der Waals surface area contributed by atoms with Gasteiger partial charge < -0.3 is 9.84 Å². The van der Waals surface area contributed by atoms with Gasteiger partial charge in [0.1, 0.15) is 11.5 Å². The Labute approximate surface area is 114 Å². The first kappa shape index (κ1) is 13.5. The largest absolute Gasteiger partial charge is 0.508 e. The molecule has 0 bridgehead atoms. The third kappa shape index (κ3) is 3.50. The Morgan fingerprint density at radius 3 is 2.42 bits per heavy atom. The molecule has 0 aliphatic rings. The molecule has 19 heavy (non-hydrogen) atoms. The maximum absolute atomic E-state index is 9.90. The van der Waals surface area contributed by atoms with Crippen LogP contribution in [0.15, 0.2) is 42.5 Å². The Kier molecular flexibility index (Phi) is 4.45. The summed E-state index contributed by atoms with van der Waals surface area (Å²) in [7, 11) is 0. The average Bonchev–Trinajstić information content (AvgIpc) is 2.42. The molecule has 100 valence electrons. The zero-order valence-corrected chi connectivity index (χ0v) is 11.5. The fourth-order valence-corrected chi connectivity index (χ4v) is 2.04. The number of aromatic hydroxyl groups is 1. The lowest BCUT2D eigenvalue weighted by atomic mass is 9.99. The van der Waals surface area contributed by atoms with Crippen molar-refractivity contribution in [2.24, 2.45) is 0 Å². The van der Waals surface area contributed by atoms with Crippen molar-refractivity contribution in [2.75, 3.05) is 6.61 Å². The summed E-state index contributed by atoms with van der Waals surface area (Å²) in [5.74, 6) is 1.27. The van der Waals surface area contributed by atoms with Crippen molar-refractivity contribution < 1.29 is 9.84 Å². The van der Waals surface area contributed by atoms with Gasteiger partial charge in [-0.15, -0.1) is 0 Å². The van der Waals surface area contributed by atoms with Gasteiger partial charge in [0.15, 0.2) is 0 Å². The molecular formula is C17H20O2. The van der Waals surface area contributed by atoms with Crippen LogP contribution in [-0.2, 0) is 6.42 Å². The molecule has 1 N–H and O–H groups in total. The van der Waals surface area contributed by atoms with Crippen LogP contribution in [0.4, 0.5) is 0 Å². The van der Waals surface area contributed by atoms with Gasteiger partial charge in [-0.1, -0.05) is 31.2 Å². The second kappa shape index (κ2) is 6.28. The predicted octanol–water partition coefficient (Wildman–Crippen LogP) is 4.08. The summed E-state index contributed by atoms with van der Waals surface area (Å²) in [4.78, 5) is 0. The zero-order valence-electron chi connectivity index (χ0n) is 11.5. The van der Waals surface area contributed by atoms with Gasteiger partial charge in [-0.2, -0.15) is 0 Å². The number of aryl methyl sites for hydroxylation is 1. The van der Waals surface area contributed by atoms with Crippen molar-refractivity contribution in [1.82, 2.24) is 0 Å². The maximum atomic E-state index is 9.90. The number of phenols is 1. The van der Waals surface area contributed by atoms with Gasteiger partial charge in [-0.25, -0.2) is 0 Å². The van der Waals surface area contributed by atoms with Crippen molar-refractivity contribution in [2.45, 2.75) is 26.7 Å². The summed E-state index contributed by atoms with van der Waals surface area (Å²) >= 11 is 0. The van der Waals surface area contributed by atoms with Crippen LogP contribution < -0.4 is 4.74 Å². The van der Waals surface area contributed by atoms with E-state index in [-0.39, 0.29) is 0 Å². The highest BCUT2D eigenvalue weighted by Gasteiger charge is 2.05. The molecule has 0 atom stereocenters. The van der Waals surface area contributed by atoms with E-state index in [0.717, 1.165) is 36.3 Å². The summed E-state index contributed by atoms with van der Waals surface area (Å²) < 4.78 is 5.56. The van der Waals surface area contributed by atoms with Gasteiger partial charge >= 0.3 is 0 Å². The number of rotatable bonds is 5. The topological polar surface area (TPSA) is 29.5 Å². The molecule has 0 aromatic heterocycles. The predicted molar refractivity (Wildman–Crippen MR) is 77.9 cm³/mol. The molecule has 0 aliphatic heterocycles. The maximum Gasteiger partial charge on any atom is 0.119 e. The minimum Gasteiger partial charge on any atom is -0.508 e. The highest BCUT2D eigenvalue weighted by Crippen LogP contribution is 2.24. The summed E-state index contributed by atoms with van der Waals surface area (Å²) in [6, 6.07) is 13.7. The van der Waals surface area contributed by atoms with Gasteiger partial charge in [0, 0.05) is 12.0 Å². The van der Waals surface area contributed by atoms with Crippen molar-refractivity contribution in [3.8, 4) is 11.5 Å². The molecule has 0 amide bonds. The highest BCUT2D eigenvalue weighted by atomic mass is 16.5. The number of benzene rings is 2. The molecule has 2 nitrogen and oxygen atoms in total. The lowest BCUT2D eigenvalue weighted by Crippen LogP contribution is -1.96. The van der Waals surface area contributed by atoms with E-state index in [2.05, 4.69) is 19.1 Å². The lowest BCUT2D eigenvalue weighted by molar-refractivity contribution is 0.317. The first-order valence-corrected chi connectivity index (χ1v) is 6.70. The van der Waals surface area contributed by atoms with Gasteiger partial charge in [0.2, 0.25) is 0 Å². The smallest absolute Gasteiger partial charge is 0.119 e. The second-order valence-electron chi connectivity index (χ2n) is 4.74. The molecular weight excluding hydrogens is 236 g/mol. The van der Waals surface area contributed by atoms with Crippen molar-refractivity contribution in [3.05, 3.63) is 59.2 Å². The standard InChI is InChI=1S/C17H20O2/c1-3-11-19-15-9-7-14(8-10-15)12-16-13(2)5-4-6-17(16)18/h4-10,18H,3,11-12H2,1-2H3. The van der Waals surface area contributed by atoms with Crippen LogP contribution in [0.3, 0.4) is 0 Å². The normalized spacial score (nSPS) is 10.4. The van der Waals surface area contributed by atoms with Crippen LogP contribution in [-0.4, -0.2) is 11.7 Å². The van der Waals surface area contributed by atoms with E-state index in [4.69, 9.17) is 4.74 Å². The van der Waals surface area contributed by atoms with Crippen LogP contribution in [0, 0.1) is 6.92 Å². The van der Waals surface area contributed by atoms with Gasteiger partial charge in [0.25, 0.3) is 0 Å². The summed E-state index contributed by atoms with van der Waals surface area (Å²) in [5, 5.41) is 9.90. The van der Waals surface area contributed by atoms with E-state index < -0.39 is 0 Å². The lowest BCUT2D eigenvalue weighted by Gasteiger charge is -2.09. The first-order chi connectivity index (χ1) is 9.20. The van der Waals surface area contributed by atoms with E-state index >= 15 is 0 Å². The van der Waals surface area contributed by atoms with Crippen LogP contribution >= 0.6 is 0 Å². The molecule has 2 heteroatoms. The minimum absolute atomic E-state index is 0.367. The molecule has 0 saturated heterocycles. The Hall–Kier alpha value is -1.96. The summed E-state index contributed by atoms with van der Waals surface area (Å²) in [5.41, 5.74) is 3.28. The van der Waals surface area contributed by atoms with Gasteiger partial charge in [-0.3, -0.25) is 0 Å². The molecule has 0 aliphatic carbocycles. The minimum atomic E-state index is 0.367. The molecule has 0 heterocycles. The van der Waals surface area contributed by atoms with Crippen molar-refractivity contribution in [1.29, 1.82) is 0 Å². The molecule has 0 unspecified atom stereocenters. The Morgan fingerprint density at radius 1 is 1.05 bits per heavy atom. The van der Waals surface area contributed by atoms with Crippen molar-refractivity contribution in [3.63, 3.8) is 0 Å². The van der Waals surface area contributed by atoms with Crippen LogP contribution in [0.5, 0.6) is 11.5 Å². The van der Waals surface area contributed by atoms with E-state index in [1.165, 1.54) is 5.56 Å². The van der Waals surface area contributed by atoms with Crippen LogP contribution in [0.2, 0.25) is 0 Å². The molecule has 0 fully saturated rings. The molecule has 0 saturated carbocycles. The molecule has 0 spiro atoms. The fraction of sp³-hybridized carbons (Fsp3) is 0.294. The average molecular weight is 256 g/mol. The van der Waals surface area contributed by atoms with Crippen molar-refractivity contribution >= 4 is 0 Å². The third-order valence-corrected chi connectivity index (χ3v) is 3.16. The van der Waals surface area contributed by atoms with Gasteiger partial charge in [0.05, 0.1) is 6.61 Å².